The molecule has 0 spiro atoms. The Morgan fingerprint density at radius 1 is 0.947 bits per heavy atom. The predicted octanol–water partition coefficient (Wildman–Crippen LogP) is 2.16. The molecule has 1 heterocycles. The van der Waals surface area contributed by atoms with Crippen LogP contribution in [0.3, 0.4) is 0 Å². The largest absolute Gasteiger partial charge is 0.394 e. The Labute approximate surface area is 120 Å². The van der Waals surface area contributed by atoms with Crippen molar-refractivity contribution in [3.05, 3.63) is 0 Å². The second-order valence-electron chi connectivity index (χ2n) is 5.38. The monoisotopic (exact) mass is 288 g/mol. The van der Waals surface area contributed by atoms with Gasteiger partial charge >= 0.3 is 8.56 Å². The molecule has 0 atom stereocenters. The van der Waals surface area contributed by atoms with E-state index >= 15 is 0 Å². The maximum atomic E-state index is 6.02. The van der Waals surface area contributed by atoms with Crippen LogP contribution in [0.15, 0.2) is 0 Å². The van der Waals surface area contributed by atoms with E-state index in [4.69, 9.17) is 8.85 Å². The van der Waals surface area contributed by atoms with Crippen molar-refractivity contribution in [2.24, 2.45) is 0 Å². The third-order valence-corrected chi connectivity index (χ3v) is 7.80. The van der Waals surface area contributed by atoms with Gasteiger partial charge in [-0.2, -0.15) is 0 Å². The van der Waals surface area contributed by atoms with E-state index in [1.54, 1.807) is 0 Å². The van der Waals surface area contributed by atoms with Crippen molar-refractivity contribution in [2.75, 3.05) is 53.0 Å². The molecular formula is C14H32N2O2Si. The van der Waals surface area contributed by atoms with Crippen molar-refractivity contribution >= 4 is 8.56 Å². The highest BCUT2D eigenvalue weighted by molar-refractivity contribution is 6.67. The Morgan fingerprint density at radius 2 is 1.53 bits per heavy atom. The highest BCUT2D eigenvalue weighted by atomic mass is 28.4. The first-order chi connectivity index (χ1) is 9.15. The molecule has 19 heavy (non-hydrogen) atoms. The second-order valence-corrected chi connectivity index (χ2v) is 8.98. The fraction of sp³-hybridized carbons (Fsp3) is 1.00. The van der Waals surface area contributed by atoms with E-state index in [1.165, 1.54) is 39.1 Å². The maximum absolute atomic E-state index is 6.02. The lowest BCUT2D eigenvalue weighted by Crippen LogP contribution is -2.46. The van der Waals surface area contributed by atoms with Crippen molar-refractivity contribution in [3.8, 4) is 0 Å². The highest BCUT2D eigenvalue weighted by Crippen LogP contribution is 2.21. The summed E-state index contributed by atoms with van der Waals surface area (Å²) in [5.41, 5.74) is 0. The molecule has 0 amide bonds. The molecule has 0 aromatic rings. The summed E-state index contributed by atoms with van der Waals surface area (Å²) < 4.78 is 12.0. The van der Waals surface area contributed by atoms with Gasteiger partial charge in [0.1, 0.15) is 0 Å². The van der Waals surface area contributed by atoms with Crippen LogP contribution in [0, 0.1) is 0 Å². The summed E-state index contributed by atoms with van der Waals surface area (Å²) in [4.78, 5) is 4.98. The summed E-state index contributed by atoms with van der Waals surface area (Å²) in [6.45, 7) is 14.0. The zero-order valence-electron chi connectivity index (χ0n) is 13.3. The first-order valence-corrected chi connectivity index (χ1v) is 10.1. The lowest BCUT2D eigenvalue weighted by atomic mass is 10.3. The molecule has 114 valence electrons. The molecule has 1 aliphatic rings. The molecule has 0 N–H and O–H groups in total. The summed E-state index contributed by atoms with van der Waals surface area (Å²) in [5, 5.41) is 0. The van der Waals surface area contributed by atoms with Crippen LogP contribution in [0.4, 0.5) is 0 Å². The molecule has 0 bridgehead atoms. The molecule has 5 heteroatoms. The van der Waals surface area contributed by atoms with Crippen LogP contribution in [0.5, 0.6) is 0 Å². The van der Waals surface area contributed by atoms with Crippen molar-refractivity contribution in [1.82, 2.24) is 9.80 Å². The first kappa shape index (κ1) is 17.1. The van der Waals surface area contributed by atoms with E-state index in [9.17, 15) is 0 Å². The van der Waals surface area contributed by atoms with E-state index in [2.05, 4.69) is 37.6 Å². The van der Waals surface area contributed by atoms with Crippen LogP contribution in [0.1, 0.15) is 27.2 Å². The van der Waals surface area contributed by atoms with Crippen LogP contribution in [-0.2, 0) is 8.85 Å². The molecular weight excluding hydrogens is 256 g/mol. The van der Waals surface area contributed by atoms with E-state index in [-0.39, 0.29) is 0 Å². The lowest BCUT2D eigenvalue weighted by Gasteiger charge is -2.34. The van der Waals surface area contributed by atoms with Gasteiger partial charge in [0.15, 0.2) is 0 Å². The average molecular weight is 289 g/mol. The first-order valence-electron chi connectivity index (χ1n) is 7.84. The molecule has 0 radical (unpaired) electrons. The fourth-order valence-electron chi connectivity index (χ4n) is 2.74. The lowest BCUT2D eigenvalue weighted by molar-refractivity contribution is 0.149. The molecule has 4 nitrogen and oxygen atoms in total. The molecule has 0 aromatic heterocycles. The summed E-state index contributed by atoms with van der Waals surface area (Å²) in [6, 6.07) is 2.20. The fourth-order valence-corrected chi connectivity index (χ4v) is 5.62. The van der Waals surface area contributed by atoms with Crippen LogP contribution in [0.25, 0.3) is 0 Å². The summed E-state index contributed by atoms with van der Waals surface area (Å²) in [7, 11) is 0.300. The number of likely N-dealkylation sites (N-methyl/N-ethyl adjacent to an activating group) is 1. The minimum Gasteiger partial charge on any atom is -0.394 e. The Kier molecular flexibility index (Phi) is 8.17. The normalized spacial score (nSPS) is 18.9. The van der Waals surface area contributed by atoms with Crippen molar-refractivity contribution in [2.45, 2.75) is 39.3 Å². The van der Waals surface area contributed by atoms with Gasteiger partial charge in [0.25, 0.3) is 0 Å². The zero-order valence-corrected chi connectivity index (χ0v) is 14.3. The predicted molar refractivity (Wildman–Crippen MR) is 82.8 cm³/mol. The number of hydrogen-bond acceptors (Lipinski definition) is 4. The maximum Gasteiger partial charge on any atom is 0.337 e. The van der Waals surface area contributed by atoms with Gasteiger partial charge in [-0.1, -0.05) is 6.92 Å². The molecule has 1 aliphatic heterocycles. The topological polar surface area (TPSA) is 24.9 Å². The van der Waals surface area contributed by atoms with Gasteiger partial charge in [-0.15, -0.1) is 0 Å². The number of rotatable bonds is 9. The van der Waals surface area contributed by atoms with E-state index in [0.717, 1.165) is 25.3 Å². The van der Waals surface area contributed by atoms with E-state index in [1.807, 2.05) is 0 Å². The zero-order chi connectivity index (χ0) is 14.1. The minimum atomic E-state index is -1.90. The molecule has 1 fully saturated rings. The molecule has 0 aromatic carbocycles. The summed E-state index contributed by atoms with van der Waals surface area (Å²) >= 11 is 0. The average Bonchev–Trinajstić information content (AvgIpc) is 2.41. The van der Waals surface area contributed by atoms with Gasteiger partial charge in [-0.25, -0.2) is 0 Å². The van der Waals surface area contributed by atoms with Crippen LogP contribution in [-0.4, -0.2) is 71.3 Å². The highest BCUT2D eigenvalue weighted by Gasteiger charge is 2.34. The Bertz CT molecular complexity index is 227. The van der Waals surface area contributed by atoms with Crippen molar-refractivity contribution < 1.29 is 8.85 Å². The smallest absolute Gasteiger partial charge is 0.337 e. The standard InChI is InChI=1S/C14H32N2O2Si/c1-5-17-19(7-3,18-6-2)14-8-9-16-12-10-15(4)11-13-16/h5-14H2,1-4H3. The SMILES string of the molecule is CCO[Si](CC)(CCCN1CCN(C)CC1)OCC. The number of nitrogens with zero attached hydrogens (tertiary/aromatic N) is 2. The van der Waals surface area contributed by atoms with E-state index in [0.29, 0.717) is 0 Å². The molecule has 0 unspecified atom stereocenters. The summed E-state index contributed by atoms with van der Waals surface area (Å²) in [5.74, 6) is 0. The van der Waals surface area contributed by atoms with Crippen LogP contribution >= 0.6 is 0 Å². The van der Waals surface area contributed by atoms with Gasteiger partial charge in [-0.05, 0) is 45.9 Å². The minimum absolute atomic E-state index is 0.786. The Balaban J connectivity index is 2.31. The molecule has 0 saturated carbocycles. The van der Waals surface area contributed by atoms with Gasteiger partial charge in [-0.3, -0.25) is 0 Å². The van der Waals surface area contributed by atoms with Crippen molar-refractivity contribution in [1.29, 1.82) is 0 Å². The number of hydrogen-bond donors (Lipinski definition) is 0. The Hall–Kier alpha value is 0.0569. The van der Waals surface area contributed by atoms with Gasteiger partial charge < -0.3 is 18.7 Å². The molecule has 1 saturated heterocycles. The molecule has 0 aliphatic carbocycles. The van der Waals surface area contributed by atoms with Gasteiger partial charge in [0, 0.05) is 39.4 Å². The third-order valence-electron chi connectivity index (χ3n) is 3.98. The number of piperazine rings is 1. The molecule has 1 rings (SSSR count). The van der Waals surface area contributed by atoms with Gasteiger partial charge in [0.2, 0.25) is 0 Å². The second kappa shape index (κ2) is 9.08. The van der Waals surface area contributed by atoms with Crippen molar-refractivity contribution in [3.63, 3.8) is 0 Å². The van der Waals surface area contributed by atoms with Crippen LogP contribution < -0.4 is 0 Å². The third kappa shape index (κ3) is 5.91. The van der Waals surface area contributed by atoms with Gasteiger partial charge in [0.05, 0.1) is 0 Å². The Morgan fingerprint density at radius 3 is 2.00 bits per heavy atom. The summed E-state index contributed by atoms with van der Waals surface area (Å²) in [6.07, 6.45) is 1.21. The quantitative estimate of drug-likeness (QED) is 0.607. The van der Waals surface area contributed by atoms with Crippen LogP contribution in [0.2, 0.25) is 12.1 Å². The van der Waals surface area contributed by atoms with E-state index < -0.39 is 8.56 Å².